The van der Waals surface area contributed by atoms with Crippen molar-refractivity contribution in [2.45, 2.75) is 37.6 Å². The third kappa shape index (κ3) is 4.67. The maximum Gasteiger partial charge on any atom is 0.262 e. The lowest BCUT2D eigenvalue weighted by Gasteiger charge is -2.32. The molecule has 0 amide bonds. The fourth-order valence-corrected chi connectivity index (χ4v) is 6.29. The van der Waals surface area contributed by atoms with Crippen molar-refractivity contribution in [3.8, 4) is 16.9 Å². The number of anilines is 2. The molecule has 1 aliphatic heterocycles. The number of ether oxygens (including phenoxy) is 1. The summed E-state index contributed by atoms with van der Waals surface area (Å²) in [5, 5.41) is 0.551. The van der Waals surface area contributed by atoms with Gasteiger partial charge < -0.3 is 19.9 Å². The number of methoxy groups -OCH3 is 1. The molecule has 3 heterocycles. The van der Waals surface area contributed by atoms with Crippen LogP contribution in [0.3, 0.4) is 0 Å². The molecule has 2 aromatic heterocycles. The van der Waals surface area contributed by atoms with Crippen LogP contribution in [-0.2, 0) is 10.0 Å². The zero-order valence-electron chi connectivity index (χ0n) is 21.6. The van der Waals surface area contributed by atoms with Crippen LogP contribution in [0.5, 0.6) is 5.75 Å². The number of nitrogens with two attached hydrogens (primary N) is 1. The normalized spacial score (nSPS) is 15.2. The molecule has 1 saturated heterocycles. The molecule has 0 unspecified atom stereocenters. The lowest BCUT2D eigenvalue weighted by atomic mass is 10.0. The molecule has 5 rings (SSSR count). The topological polar surface area (TPSA) is 115 Å². The van der Waals surface area contributed by atoms with Crippen molar-refractivity contribution in [2.24, 2.45) is 0 Å². The quantitative estimate of drug-likeness (QED) is 0.353. The minimum Gasteiger partial charge on any atom is -0.496 e. The number of aryl methyl sites for hydroxylation is 1. The van der Waals surface area contributed by atoms with Gasteiger partial charge in [-0.15, -0.1) is 0 Å². The highest BCUT2D eigenvalue weighted by molar-refractivity contribution is 7.92. The summed E-state index contributed by atoms with van der Waals surface area (Å²) in [4.78, 5) is 11.0. The number of nitrogen functional groups attached to an aromatic ring is 1. The fourth-order valence-electron chi connectivity index (χ4n) is 5.15. The molecule has 0 saturated carbocycles. The number of likely N-dealkylation sites (tertiary alicyclic amines) is 1. The molecule has 9 nitrogen and oxygen atoms in total. The highest BCUT2D eigenvalue weighted by Gasteiger charge is 2.26. The van der Waals surface area contributed by atoms with Crippen LogP contribution in [0.1, 0.15) is 31.4 Å². The standard InChI is InChI=1S/C27H31FN6O3S/c1-4-33-12-10-18(11-13-33)34-15-21(24-26(29)30-16-31-27(24)34)20-6-5-7-22(25(20)28)32-38(35,36)19-8-9-23(37-3)17(2)14-19/h5-9,14-16,18,32H,4,10-13H2,1-3H3,(H2,29,30,31). The van der Waals surface area contributed by atoms with Crippen molar-refractivity contribution in [1.29, 1.82) is 0 Å². The van der Waals surface area contributed by atoms with E-state index in [4.69, 9.17) is 10.5 Å². The Bertz CT molecular complexity index is 1600. The highest BCUT2D eigenvalue weighted by atomic mass is 32.2. The van der Waals surface area contributed by atoms with E-state index in [1.807, 2.05) is 6.20 Å². The van der Waals surface area contributed by atoms with Crippen LogP contribution in [0.25, 0.3) is 22.2 Å². The minimum absolute atomic E-state index is 0.00766. The van der Waals surface area contributed by atoms with Gasteiger partial charge in [0.2, 0.25) is 0 Å². The number of piperidine rings is 1. The SMILES string of the molecule is CCN1CCC(n2cc(-c3cccc(NS(=O)(=O)c4ccc(OC)c(C)c4)c3F)c3c(N)ncnc32)CC1. The number of aromatic nitrogens is 3. The third-order valence-electron chi connectivity index (χ3n) is 7.25. The molecule has 200 valence electrons. The van der Waals surface area contributed by atoms with Crippen molar-refractivity contribution < 1.29 is 17.5 Å². The number of benzene rings is 2. The van der Waals surface area contributed by atoms with Crippen molar-refractivity contribution in [3.63, 3.8) is 0 Å². The smallest absolute Gasteiger partial charge is 0.262 e. The van der Waals surface area contributed by atoms with Gasteiger partial charge in [0, 0.05) is 36.5 Å². The van der Waals surface area contributed by atoms with E-state index >= 15 is 4.39 Å². The largest absolute Gasteiger partial charge is 0.496 e. The summed E-state index contributed by atoms with van der Waals surface area (Å²) < 4.78 is 51.9. The van der Waals surface area contributed by atoms with E-state index < -0.39 is 15.8 Å². The Hall–Kier alpha value is -3.70. The van der Waals surface area contributed by atoms with Crippen LogP contribution in [0, 0.1) is 12.7 Å². The third-order valence-corrected chi connectivity index (χ3v) is 8.61. The maximum absolute atomic E-state index is 16.0. The van der Waals surface area contributed by atoms with Gasteiger partial charge in [-0.3, -0.25) is 4.72 Å². The second-order valence-corrected chi connectivity index (χ2v) is 11.2. The van der Waals surface area contributed by atoms with E-state index in [0.717, 1.165) is 32.5 Å². The van der Waals surface area contributed by atoms with Crippen molar-refractivity contribution in [3.05, 3.63) is 60.3 Å². The van der Waals surface area contributed by atoms with Gasteiger partial charge in [-0.05, 0) is 56.1 Å². The number of hydrogen-bond donors (Lipinski definition) is 2. The van der Waals surface area contributed by atoms with Crippen LogP contribution in [0.15, 0.2) is 53.8 Å². The molecule has 0 spiro atoms. The van der Waals surface area contributed by atoms with Gasteiger partial charge in [0.1, 0.15) is 23.5 Å². The van der Waals surface area contributed by atoms with Gasteiger partial charge in [0.25, 0.3) is 10.0 Å². The molecule has 2 aromatic carbocycles. The lowest BCUT2D eigenvalue weighted by Crippen LogP contribution is -2.34. The second kappa shape index (κ2) is 10.2. The van der Waals surface area contributed by atoms with Crippen molar-refractivity contribution in [2.75, 3.05) is 37.2 Å². The second-order valence-electron chi connectivity index (χ2n) is 9.48. The predicted molar refractivity (Wildman–Crippen MR) is 146 cm³/mol. The molecular weight excluding hydrogens is 507 g/mol. The lowest BCUT2D eigenvalue weighted by molar-refractivity contribution is 0.196. The first-order valence-electron chi connectivity index (χ1n) is 12.5. The number of halogens is 1. The van der Waals surface area contributed by atoms with Crippen LogP contribution in [-0.4, -0.2) is 54.6 Å². The van der Waals surface area contributed by atoms with Crippen LogP contribution in [0.2, 0.25) is 0 Å². The van der Waals surface area contributed by atoms with E-state index in [0.29, 0.717) is 27.9 Å². The Morgan fingerprint density at radius 2 is 1.92 bits per heavy atom. The summed E-state index contributed by atoms with van der Waals surface area (Å²) in [6.45, 7) is 6.83. The molecule has 1 aliphatic rings. The number of rotatable bonds is 7. The Morgan fingerprint density at radius 1 is 1.16 bits per heavy atom. The summed E-state index contributed by atoms with van der Waals surface area (Å²) in [6, 6.07) is 9.27. The maximum atomic E-state index is 16.0. The van der Waals surface area contributed by atoms with Gasteiger partial charge in [-0.25, -0.2) is 22.8 Å². The summed E-state index contributed by atoms with van der Waals surface area (Å²) >= 11 is 0. The first-order valence-corrected chi connectivity index (χ1v) is 14.0. The van der Waals surface area contributed by atoms with Crippen LogP contribution in [0.4, 0.5) is 15.9 Å². The molecular formula is C27H31FN6O3S. The number of nitrogens with one attached hydrogen (secondary N) is 1. The molecule has 38 heavy (non-hydrogen) atoms. The van der Waals surface area contributed by atoms with Crippen molar-refractivity contribution in [1.82, 2.24) is 19.4 Å². The molecule has 0 atom stereocenters. The number of hydrogen-bond acceptors (Lipinski definition) is 7. The first kappa shape index (κ1) is 25.9. The fraction of sp³-hybridized carbons (Fsp3) is 0.333. The van der Waals surface area contributed by atoms with E-state index in [2.05, 4.69) is 31.1 Å². The van der Waals surface area contributed by atoms with Gasteiger partial charge in [0.05, 0.1) is 23.1 Å². The van der Waals surface area contributed by atoms with E-state index in [1.54, 1.807) is 25.1 Å². The molecule has 11 heteroatoms. The van der Waals surface area contributed by atoms with E-state index in [1.165, 1.54) is 31.6 Å². The summed E-state index contributed by atoms with van der Waals surface area (Å²) in [5.74, 6) is 0.104. The van der Waals surface area contributed by atoms with Crippen LogP contribution < -0.4 is 15.2 Å². The first-order chi connectivity index (χ1) is 18.2. The molecule has 4 aromatic rings. The Morgan fingerprint density at radius 3 is 2.61 bits per heavy atom. The average Bonchev–Trinajstić information content (AvgIpc) is 3.30. The average molecular weight is 539 g/mol. The molecule has 0 radical (unpaired) electrons. The zero-order valence-corrected chi connectivity index (χ0v) is 22.4. The summed E-state index contributed by atoms with van der Waals surface area (Å²) in [7, 11) is -2.55. The molecule has 3 N–H and O–H groups in total. The Balaban J connectivity index is 1.54. The van der Waals surface area contributed by atoms with E-state index in [-0.39, 0.29) is 28.0 Å². The van der Waals surface area contributed by atoms with Gasteiger partial charge in [-0.2, -0.15) is 0 Å². The number of nitrogens with zero attached hydrogens (tertiary/aromatic N) is 4. The Labute approximate surface area is 221 Å². The molecule has 1 fully saturated rings. The van der Waals surface area contributed by atoms with Crippen molar-refractivity contribution >= 4 is 32.6 Å². The van der Waals surface area contributed by atoms with Crippen LogP contribution >= 0.6 is 0 Å². The zero-order chi connectivity index (χ0) is 27.0. The van der Waals surface area contributed by atoms with Gasteiger partial charge in [0.15, 0.2) is 5.82 Å². The predicted octanol–water partition coefficient (Wildman–Crippen LogP) is 4.59. The molecule has 0 aliphatic carbocycles. The summed E-state index contributed by atoms with van der Waals surface area (Å²) in [5.41, 5.74) is 8.13. The van der Waals surface area contributed by atoms with E-state index in [9.17, 15) is 8.42 Å². The monoisotopic (exact) mass is 538 g/mol. The minimum atomic E-state index is -4.06. The van der Waals surface area contributed by atoms with Gasteiger partial charge in [-0.1, -0.05) is 19.1 Å². The highest BCUT2D eigenvalue weighted by Crippen LogP contribution is 2.39. The summed E-state index contributed by atoms with van der Waals surface area (Å²) in [6.07, 6.45) is 5.15. The number of sulfonamides is 1. The number of fused-ring (bicyclic) bond motifs is 1. The molecule has 0 bridgehead atoms. The Kier molecular flexibility index (Phi) is 6.97. The van der Waals surface area contributed by atoms with Gasteiger partial charge >= 0.3 is 0 Å².